The van der Waals surface area contributed by atoms with Crippen molar-refractivity contribution >= 4 is 28.9 Å². The van der Waals surface area contributed by atoms with Crippen molar-refractivity contribution in [1.82, 2.24) is 9.97 Å². The van der Waals surface area contributed by atoms with Crippen LogP contribution in [0.2, 0.25) is 5.02 Å². The van der Waals surface area contributed by atoms with Gasteiger partial charge in [0.15, 0.2) is 5.82 Å². The van der Waals surface area contributed by atoms with Crippen LogP contribution in [0, 0.1) is 0 Å². The van der Waals surface area contributed by atoms with E-state index in [2.05, 4.69) is 20.2 Å². The van der Waals surface area contributed by atoms with Gasteiger partial charge in [0.1, 0.15) is 11.5 Å². The predicted molar refractivity (Wildman–Crippen MR) is 62.1 cm³/mol. The zero-order valence-electron chi connectivity index (χ0n) is 8.21. The zero-order chi connectivity index (χ0) is 11.4. The van der Waals surface area contributed by atoms with E-state index in [9.17, 15) is 0 Å². The third-order valence-corrected chi connectivity index (χ3v) is 2.09. The van der Waals surface area contributed by atoms with Crippen LogP contribution in [0.1, 0.15) is 0 Å². The fourth-order valence-electron chi connectivity index (χ4n) is 1.02. The smallest absolute Gasteiger partial charge is 0.193 e. The van der Waals surface area contributed by atoms with Gasteiger partial charge in [0.2, 0.25) is 0 Å². The molecule has 0 aliphatic heterocycles. The van der Waals surface area contributed by atoms with Crippen molar-refractivity contribution in [3.63, 3.8) is 0 Å². The number of nitrogens with zero attached hydrogens (tertiary/aromatic N) is 4. The van der Waals surface area contributed by atoms with Crippen molar-refractivity contribution in [2.75, 3.05) is 5.73 Å². The Morgan fingerprint density at radius 1 is 1.06 bits per heavy atom. The SMILES string of the molecule is Nc1cnc(N=Nc2ccccc2Cl)cn1. The van der Waals surface area contributed by atoms with Crippen LogP contribution in [-0.2, 0) is 0 Å². The van der Waals surface area contributed by atoms with Gasteiger partial charge >= 0.3 is 0 Å². The Balaban J connectivity index is 2.21. The first-order valence-electron chi connectivity index (χ1n) is 4.49. The quantitative estimate of drug-likeness (QED) is 0.810. The molecule has 6 heteroatoms. The molecule has 80 valence electrons. The van der Waals surface area contributed by atoms with Gasteiger partial charge in [0.25, 0.3) is 0 Å². The van der Waals surface area contributed by atoms with Gasteiger partial charge in [-0.2, -0.15) is 0 Å². The molecule has 0 aliphatic rings. The van der Waals surface area contributed by atoms with Crippen molar-refractivity contribution < 1.29 is 0 Å². The van der Waals surface area contributed by atoms with Crippen LogP contribution in [0.25, 0.3) is 0 Å². The monoisotopic (exact) mass is 233 g/mol. The van der Waals surface area contributed by atoms with Crippen LogP contribution in [0.15, 0.2) is 46.9 Å². The Kier molecular flexibility index (Phi) is 3.07. The van der Waals surface area contributed by atoms with E-state index in [1.165, 1.54) is 12.4 Å². The van der Waals surface area contributed by atoms with Gasteiger partial charge < -0.3 is 5.73 Å². The lowest BCUT2D eigenvalue weighted by Gasteiger charge is -1.95. The Hall–Kier alpha value is -2.01. The molecule has 0 bridgehead atoms. The second-order valence-electron chi connectivity index (χ2n) is 2.95. The number of nitrogens with two attached hydrogens (primary N) is 1. The summed E-state index contributed by atoms with van der Waals surface area (Å²) in [4.78, 5) is 7.77. The Morgan fingerprint density at radius 3 is 2.56 bits per heavy atom. The normalized spacial score (nSPS) is 10.8. The first-order chi connectivity index (χ1) is 7.75. The third-order valence-electron chi connectivity index (χ3n) is 1.77. The van der Waals surface area contributed by atoms with Crippen LogP contribution in [0.3, 0.4) is 0 Å². The molecule has 0 atom stereocenters. The highest BCUT2D eigenvalue weighted by Crippen LogP contribution is 2.25. The molecule has 1 aromatic heterocycles. The number of hydrogen-bond donors (Lipinski definition) is 1. The van der Waals surface area contributed by atoms with E-state index in [1.54, 1.807) is 12.1 Å². The number of halogens is 1. The summed E-state index contributed by atoms with van der Waals surface area (Å²) in [6.07, 6.45) is 2.86. The molecular formula is C10H8ClN5. The van der Waals surface area contributed by atoms with Gasteiger partial charge in [-0.3, -0.25) is 0 Å². The molecular weight excluding hydrogens is 226 g/mol. The molecule has 0 saturated heterocycles. The van der Waals surface area contributed by atoms with Crippen LogP contribution in [-0.4, -0.2) is 9.97 Å². The molecule has 0 amide bonds. The maximum absolute atomic E-state index is 5.91. The second-order valence-corrected chi connectivity index (χ2v) is 3.36. The topological polar surface area (TPSA) is 76.5 Å². The average Bonchev–Trinajstić information content (AvgIpc) is 2.30. The molecule has 0 fully saturated rings. The molecule has 0 spiro atoms. The molecule has 5 nitrogen and oxygen atoms in total. The first kappa shape index (κ1) is 10.5. The van der Waals surface area contributed by atoms with E-state index >= 15 is 0 Å². The maximum Gasteiger partial charge on any atom is 0.193 e. The van der Waals surface area contributed by atoms with Crippen molar-refractivity contribution in [2.24, 2.45) is 10.2 Å². The van der Waals surface area contributed by atoms with Gasteiger partial charge in [-0.1, -0.05) is 23.7 Å². The van der Waals surface area contributed by atoms with Crippen LogP contribution < -0.4 is 5.73 Å². The molecule has 2 N–H and O–H groups in total. The van der Waals surface area contributed by atoms with Crippen LogP contribution >= 0.6 is 11.6 Å². The van der Waals surface area contributed by atoms with E-state index < -0.39 is 0 Å². The summed E-state index contributed by atoms with van der Waals surface area (Å²) < 4.78 is 0. The Morgan fingerprint density at radius 2 is 1.88 bits per heavy atom. The van der Waals surface area contributed by atoms with E-state index in [0.717, 1.165) is 0 Å². The summed E-state index contributed by atoms with van der Waals surface area (Å²) in [5.41, 5.74) is 5.98. The van der Waals surface area contributed by atoms with Crippen molar-refractivity contribution in [2.45, 2.75) is 0 Å². The number of benzene rings is 1. The van der Waals surface area contributed by atoms with Gasteiger partial charge in [0.05, 0.1) is 17.4 Å². The lowest BCUT2D eigenvalue weighted by Crippen LogP contribution is -1.88. The Labute approximate surface area is 97.0 Å². The highest BCUT2D eigenvalue weighted by molar-refractivity contribution is 6.32. The molecule has 2 rings (SSSR count). The zero-order valence-corrected chi connectivity index (χ0v) is 8.96. The fourth-order valence-corrected chi connectivity index (χ4v) is 1.19. The van der Waals surface area contributed by atoms with E-state index in [1.807, 2.05) is 12.1 Å². The van der Waals surface area contributed by atoms with Gasteiger partial charge in [-0.15, -0.1) is 10.2 Å². The Bertz CT molecular complexity index is 509. The number of rotatable bonds is 2. The molecule has 0 aliphatic carbocycles. The van der Waals surface area contributed by atoms with Crippen molar-refractivity contribution in [3.8, 4) is 0 Å². The number of azo groups is 1. The van der Waals surface area contributed by atoms with Crippen LogP contribution in [0.5, 0.6) is 0 Å². The average molecular weight is 234 g/mol. The highest BCUT2D eigenvalue weighted by atomic mass is 35.5. The first-order valence-corrected chi connectivity index (χ1v) is 4.87. The number of anilines is 1. The summed E-state index contributed by atoms with van der Waals surface area (Å²) in [7, 11) is 0. The predicted octanol–water partition coefficient (Wildman–Crippen LogP) is 3.13. The summed E-state index contributed by atoms with van der Waals surface area (Å²) in [5, 5.41) is 8.38. The van der Waals surface area contributed by atoms with Gasteiger partial charge in [-0.05, 0) is 12.1 Å². The minimum atomic E-state index is 0.344. The number of aromatic nitrogens is 2. The fraction of sp³-hybridized carbons (Fsp3) is 0. The molecule has 2 aromatic rings. The lowest BCUT2D eigenvalue weighted by molar-refractivity contribution is 1.11. The number of nitrogen functional groups attached to an aromatic ring is 1. The molecule has 16 heavy (non-hydrogen) atoms. The molecule has 0 saturated carbocycles. The minimum absolute atomic E-state index is 0.344. The highest BCUT2D eigenvalue weighted by Gasteiger charge is 1.96. The van der Waals surface area contributed by atoms with Crippen molar-refractivity contribution in [3.05, 3.63) is 41.7 Å². The van der Waals surface area contributed by atoms with Crippen LogP contribution in [0.4, 0.5) is 17.3 Å². The molecule has 1 heterocycles. The maximum atomic E-state index is 5.91. The van der Waals surface area contributed by atoms with E-state index in [0.29, 0.717) is 22.3 Å². The summed E-state index contributed by atoms with van der Waals surface area (Å²) in [5.74, 6) is 0.728. The largest absolute Gasteiger partial charge is 0.382 e. The second kappa shape index (κ2) is 4.67. The number of hydrogen-bond acceptors (Lipinski definition) is 5. The minimum Gasteiger partial charge on any atom is -0.382 e. The van der Waals surface area contributed by atoms with E-state index in [4.69, 9.17) is 17.3 Å². The summed E-state index contributed by atoms with van der Waals surface area (Å²) in [6, 6.07) is 7.15. The van der Waals surface area contributed by atoms with Gasteiger partial charge in [0, 0.05) is 0 Å². The van der Waals surface area contributed by atoms with Crippen molar-refractivity contribution in [1.29, 1.82) is 0 Å². The molecule has 0 radical (unpaired) electrons. The summed E-state index contributed by atoms with van der Waals surface area (Å²) >= 11 is 5.91. The van der Waals surface area contributed by atoms with E-state index in [-0.39, 0.29) is 0 Å². The van der Waals surface area contributed by atoms with Gasteiger partial charge in [-0.25, -0.2) is 9.97 Å². The summed E-state index contributed by atoms with van der Waals surface area (Å²) in [6.45, 7) is 0. The third kappa shape index (κ3) is 2.52. The molecule has 1 aromatic carbocycles. The standard InChI is InChI=1S/C10H8ClN5/c11-7-3-1-2-4-8(7)15-16-10-6-13-9(12)5-14-10/h1-6H,(H2,12,13). The lowest BCUT2D eigenvalue weighted by atomic mass is 10.3. The molecule has 0 unspecified atom stereocenters.